The first-order valence-electron chi connectivity index (χ1n) is 10.3. The van der Waals surface area contributed by atoms with Crippen molar-refractivity contribution in [1.29, 1.82) is 0 Å². The Bertz CT molecular complexity index is 568. The maximum Gasteiger partial charge on any atom is 0.247 e. The Morgan fingerprint density at radius 2 is 1.81 bits per heavy atom. The van der Waals surface area contributed by atoms with Gasteiger partial charge in [-0.15, -0.1) is 0 Å². The summed E-state index contributed by atoms with van der Waals surface area (Å²) < 4.78 is 5.90. The molecule has 0 heterocycles. The highest BCUT2D eigenvalue weighted by Gasteiger charge is 2.22. The molecule has 0 aromatic heterocycles. The van der Waals surface area contributed by atoms with Crippen LogP contribution >= 0.6 is 0 Å². The second-order valence-corrected chi connectivity index (χ2v) is 7.78. The van der Waals surface area contributed by atoms with Gasteiger partial charge >= 0.3 is 0 Å². The maximum atomic E-state index is 12.7. The molecular weight excluding hydrogens is 340 g/mol. The number of rotatable bonds is 10. The lowest BCUT2D eigenvalue weighted by Crippen LogP contribution is -2.41. The van der Waals surface area contributed by atoms with E-state index in [4.69, 9.17) is 4.74 Å². The monoisotopic (exact) mass is 374 g/mol. The number of hydrogen-bond acceptors (Lipinski definition) is 3. The number of amides is 2. The first-order valence-corrected chi connectivity index (χ1v) is 10.3. The second-order valence-electron chi connectivity index (χ2n) is 7.78. The standard InChI is InChI=1S/C22H34N2O3/c1-17(2)16-20(25)24-21(18-10-5-3-6-11-18)22(26)23-14-9-15-27-19-12-7-4-8-13-19/h3,5-6,10-11,17,19,21H,4,7-9,12-16H2,1-2H3,(H,23,26)(H,24,25). The molecule has 0 spiro atoms. The Labute approximate surface area is 163 Å². The molecule has 2 amide bonds. The van der Waals surface area contributed by atoms with Gasteiger partial charge in [-0.05, 0) is 30.7 Å². The lowest BCUT2D eigenvalue weighted by Gasteiger charge is -2.22. The predicted octanol–water partition coefficient (Wildman–Crippen LogP) is 3.75. The Morgan fingerprint density at radius 1 is 1.11 bits per heavy atom. The minimum atomic E-state index is -0.656. The van der Waals surface area contributed by atoms with E-state index in [0.717, 1.165) is 24.8 Å². The fraction of sp³-hybridized carbons (Fsp3) is 0.636. The molecule has 27 heavy (non-hydrogen) atoms. The molecule has 0 bridgehead atoms. The van der Waals surface area contributed by atoms with E-state index >= 15 is 0 Å². The molecule has 5 heteroatoms. The van der Waals surface area contributed by atoms with Crippen LogP contribution in [0.15, 0.2) is 30.3 Å². The molecular formula is C22H34N2O3. The molecule has 2 N–H and O–H groups in total. The molecule has 1 fully saturated rings. The largest absolute Gasteiger partial charge is 0.378 e. The molecule has 5 nitrogen and oxygen atoms in total. The van der Waals surface area contributed by atoms with E-state index in [1.54, 1.807) is 0 Å². The zero-order valence-corrected chi connectivity index (χ0v) is 16.7. The zero-order valence-electron chi connectivity index (χ0n) is 16.7. The van der Waals surface area contributed by atoms with Gasteiger partial charge in [0.2, 0.25) is 11.8 Å². The van der Waals surface area contributed by atoms with Crippen LogP contribution in [0, 0.1) is 5.92 Å². The average molecular weight is 375 g/mol. The minimum absolute atomic E-state index is 0.102. The fourth-order valence-electron chi connectivity index (χ4n) is 3.40. The second kappa shape index (κ2) is 11.8. The third-order valence-corrected chi connectivity index (χ3v) is 4.82. The number of nitrogens with one attached hydrogen (secondary N) is 2. The van der Waals surface area contributed by atoms with Crippen LogP contribution < -0.4 is 10.6 Å². The smallest absolute Gasteiger partial charge is 0.247 e. The third-order valence-electron chi connectivity index (χ3n) is 4.82. The summed E-state index contributed by atoms with van der Waals surface area (Å²) in [5, 5.41) is 5.82. The number of carbonyl (C=O) groups is 2. The minimum Gasteiger partial charge on any atom is -0.378 e. The first kappa shape index (κ1) is 21.4. The Hall–Kier alpha value is -1.88. The van der Waals surface area contributed by atoms with Gasteiger partial charge in [-0.1, -0.05) is 63.4 Å². The van der Waals surface area contributed by atoms with Gasteiger partial charge in [-0.25, -0.2) is 0 Å². The number of benzene rings is 1. The van der Waals surface area contributed by atoms with Crippen molar-refractivity contribution in [1.82, 2.24) is 10.6 Å². The van der Waals surface area contributed by atoms with Gasteiger partial charge in [-0.2, -0.15) is 0 Å². The molecule has 2 rings (SSSR count). The molecule has 1 unspecified atom stereocenters. The van der Waals surface area contributed by atoms with Gasteiger partial charge in [0.15, 0.2) is 0 Å². The summed E-state index contributed by atoms with van der Waals surface area (Å²) in [6.07, 6.45) is 7.73. The molecule has 0 saturated heterocycles. The van der Waals surface area contributed by atoms with Crippen LogP contribution in [-0.4, -0.2) is 31.1 Å². The average Bonchev–Trinajstić information content (AvgIpc) is 2.66. The summed E-state index contributed by atoms with van der Waals surface area (Å²) >= 11 is 0. The van der Waals surface area contributed by atoms with E-state index in [-0.39, 0.29) is 17.7 Å². The highest BCUT2D eigenvalue weighted by molar-refractivity contribution is 5.88. The summed E-state index contributed by atoms with van der Waals surface area (Å²) in [4.78, 5) is 24.8. The van der Waals surface area contributed by atoms with Crippen molar-refractivity contribution in [3.63, 3.8) is 0 Å². The van der Waals surface area contributed by atoms with E-state index in [2.05, 4.69) is 10.6 Å². The fourth-order valence-corrected chi connectivity index (χ4v) is 3.40. The molecule has 1 aromatic carbocycles. The van der Waals surface area contributed by atoms with Crippen LogP contribution in [-0.2, 0) is 14.3 Å². The molecule has 0 radical (unpaired) electrons. The number of carbonyl (C=O) groups excluding carboxylic acids is 2. The summed E-state index contributed by atoms with van der Waals surface area (Å²) in [7, 11) is 0. The van der Waals surface area contributed by atoms with Crippen LogP contribution in [0.2, 0.25) is 0 Å². The summed E-state index contributed by atoms with van der Waals surface area (Å²) in [6, 6.07) is 8.73. The lowest BCUT2D eigenvalue weighted by atomic mass is 9.98. The highest BCUT2D eigenvalue weighted by atomic mass is 16.5. The predicted molar refractivity (Wildman–Crippen MR) is 107 cm³/mol. The van der Waals surface area contributed by atoms with E-state index in [1.807, 2.05) is 44.2 Å². The number of hydrogen-bond donors (Lipinski definition) is 2. The van der Waals surface area contributed by atoms with Crippen molar-refractivity contribution in [3.8, 4) is 0 Å². The molecule has 1 aliphatic carbocycles. The Kier molecular flexibility index (Phi) is 9.32. The van der Waals surface area contributed by atoms with Crippen LogP contribution in [0.5, 0.6) is 0 Å². The summed E-state index contributed by atoms with van der Waals surface area (Å²) in [5.41, 5.74) is 0.797. The van der Waals surface area contributed by atoms with Gasteiger partial charge in [0, 0.05) is 19.6 Å². The van der Waals surface area contributed by atoms with Crippen LogP contribution in [0.1, 0.15) is 70.4 Å². The van der Waals surface area contributed by atoms with E-state index in [9.17, 15) is 9.59 Å². The summed E-state index contributed by atoms with van der Waals surface area (Å²) in [6.45, 7) is 5.20. The zero-order chi connectivity index (χ0) is 19.5. The Balaban J connectivity index is 1.79. The van der Waals surface area contributed by atoms with Crippen molar-refractivity contribution in [2.75, 3.05) is 13.2 Å². The highest BCUT2D eigenvalue weighted by Crippen LogP contribution is 2.20. The topological polar surface area (TPSA) is 67.4 Å². The normalized spacial score (nSPS) is 16.1. The summed E-state index contributed by atoms with van der Waals surface area (Å²) in [5.74, 6) is -0.0213. The van der Waals surface area contributed by atoms with E-state index in [1.165, 1.54) is 19.3 Å². The first-order chi connectivity index (χ1) is 13.1. The molecule has 1 aromatic rings. The van der Waals surface area contributed by atoms with Crippen molar-refractivity contribution in [3.05, 3.63) is 35.9 Å². The maximum absolute atomic E-state index is 12.7. The van der Waals surface area contributed by atoms with E-state index in [0.29, 0.717) is 25.7 Å². The van der Waals surface area contributed by atoms with Crippen molar-refractivity contribution >= 4 is 11.8 Å². The molecule has 1 aliphatic rings. The van der Waals surface area contributed by atoms with Gasteiger partial charge in [0.25, 0.3) is 0 Å². The van der Waals surface area contributed by atoms with E-state index < -0.39 is 6.04 Å². The van der Waals surface area contributed by atoms with Crippen molar-refractivity contribution in [2.24, 2.45) is 5.92 Å². The van der Waals surface area contributed by atoms with Crippen molar-refractivity contribution in [2.45, 2.75) is 70.9 Å². The van der Waals surface area contributed by atoms with Gasteiger partial charge < -0.3 is 15.4 Å². The molecule has 150 valence electrons. The van der Waals surface area contributed by atoms with Gasteiger partial charge in [0.1, 0.15) is 6.04 Å². The van der Waals surface area contributed by atoms with Crippen LogP contribution in [0.3, 0.4) is 0 Å². The molecule has 0 aliphatic heterocycles. The van der Waals surface area contributed by atoms with Crippen molar-refractivity contribution < 1.29 is 14.3 Å². The molecule has 1 saturated carbocycles. The SMILES string of the molecule is CC(C)CC(=O)NC(C(=O)NCCCOC1CCCCC1)c1ccccc1. The third kappa shape index (κ3) is 8.12. The quantitative estimate of drug-likeness (QED) is 0.613. The van der Waals surface area contributed by atoms with Gasteiger partial charge in [0.05, 0.1) is 6.10 Å². The van der Waals surface area contributed by atoms with Crippen LogP contribution in [0.4, 0.5) is 0 Å². The molecule has 1 atom stereocenters. The lowest BCUT2D eigenvalue weighted by molar-refractivity contribution is -0.129. The van der Waals surface area contributed by atoms with Gasteiger partial charge in [-0.3, -0.25) is 9.59 Å². The Morgan fingerprint density at radius 3 is 2.48 bits per heavy atom. The number of ether oxygens (including phenoxy) is 1. The van der Waals surface area contributed by atoms with Crippen LogP contribution in [0.25, 0.3) is 0 Å².